The van der Waals surface area contributed by atoms with Gasteiger partial charge in [-0.1, -0.05) is 80.1 Å². The lowest BCUT2D eigenvalue weighted by atomic mass is 9.84. The van der Waals surface area contributed by atoms with Gasteiger partial charge >= 0.3 is 0 Å². The number of allylic oxidation sites excluding steroid dienone is 1. The van der Waals surface area contributed by atoms with Crippen molar-refractivity contribution in [1.82, 2.24) is 0 Å². The first kappa shape index (κ1) is 16.9. The van der Waals surface area contributed by atoms with Gasteiger partial charge in [-0.05, 0) is 41.4 Å². The second-order valence-corrected chi connectivity index (χ2v) is 8.49. The molecule has 0 aromatic heterocycles. The van der Waals surface area contributed by atoms with E-state index in [2.05, 4.69) is 74.5 Å². The van der Waals surface area contributed by atoms with Crippen LogP contribution in [0.4, 0.5) is 0 Å². The van der Waals surface area contributed by atoms with E-state index in [1.54, 1.807) is 0 Å². The number of rotatable bonds is 2. The molecule has 6 atom stereocenters. The average molecular weight is 358 g/mol. The van der Waals surface area contributed by atoms with Gasteiger partial charge in [0, 0.05) is 11.8 Å². The molecule has 0 spiro atoms. The number of ketones is 1. The minimum Gasteiger partial charge on any atom is -0.373 e. The van der Waals surface area contributed by atoms with Crippen LogP contribution in [0.25, 0.3) is 5.57 Å². The van der Waals surface area contributed by atoms with E-state index in [4.69, 9.17) is 4.74 Å². The maximum absolute atomic E-state index is 12.6. The molecule has 3 aliphatic rings. The molecule has 6 unspecified atom stereocenters. The number of ether oxygens (including phenoxy) is 1. The van der Waals surface area contributed by atoms with Crippen LogP contribution >= 0.6 is 0 Å². The lowest BCUT2D eigenvalue weighted by Crippen LogP contribution is -2.42. The van der Waals surface area contributed by atoms with E-state index in [1.807, 2.05) is 0 Å². The first-order valence-corrected chi connectivity index (χ1v) is 10.2. The summed E-state index contributed by atoms with van der Waals surface area (Å²) in [7, 11) is 0. The SMILES string of the molecule is CC1C(=O)C(C)C2OC1C1CC(=C(c3ccccc3)c3ccccc3)CC12. The van der Waals surface area contributed by atoms with Crippen molar-refractivity contribution in [3.63, 3.8) is 0 Å². The Morgan fingerprint density at radius 2 is 1.22 bits per heavy atom. The van der Waals surface area contributed by atoms with Crippen LogP contribution in [0.1, 0.15) is 37.8 Å². The average Bonchev–Trinajstić information content (AvgIpc) is 3.25. The Morgan fingerprint density at radius 3 is 1.67 bits per heavy atom. The lowest BCUT2D eigenvalue weighted by Gasteiger charge is -2.33. The zero-order chi connectivity index (χ0) is 18.5. The van der Waals surface area contributed by atoms with Gasteiger partial charge in [0.25, 0.3) is 0 Å². The van der Waals surface area contributed by atoms with Crippen molar-refractivity contribution >= 4 is 11.4 Å². The van der Waals surface area contributed by atoms with Crippen LogP contribution in [-0.4, -0.2) is 18.0 Å². The fourth-order valence-corrected chi connectivity index (χ4v) is 5.76. The number of carbonyl (C=O) groups excluding carboxylic acids is 1. The minimum atomic E-state index is 0.0301. The molecule has 1 saturated carbocycles. The third-order valence-electron chi connectivity index (χ3n) is 7.03. The largest absolute Gasteiger partial charge is 0.373 e. The summed E-state index contributed by atoms with van der Waals surface area (Å²) < 4.78 is 6.36. The maximum atomic E-state index is 12.6. The molecule has 3 fully saturated rings. The van der Waals surface area contributed by atoms with Gasteiger partial charge in [-0.3, -0.25) is 4.79 Å². The third kappa shape index (κ3) is 2.62. The molecule has 2 aliphatic heterocycles. The number of Topliss-reactive ketones (excluding diaryl/α,β-unsaturated/α-hetero) is 1. The monoisotopic (exact) mass is 358 g/mol. The summed E-state index contributed by atoms with van der Waals surface area (Å²) in [6, 6.07) is 21.5. The normalized spacial score (nSPS) is 34.6. The van der Waals surface area contributed by atoms with E-state index in [9.17, 15) is 4.79 Å². The van der Waals surface area contributed by atoms with Crippen LogP contribution in [0.5, 0.6) is 0 Å². The van der Waals surface area contributed by atoms with Gasteiger partial charge < -0.3 is 4.74 Å². The Bertz CT molecular complexity index is 814. The molecule has 0 radical (unpaired) electrons. The molecule has 27 heavy (non-hydrogen) atoms. The van der Waals surface area contributed by atoms with Crippen LogP contribution in [0, 0.1) is 23.7 Å². The highest BCUT2D eigenvalue weighted by Crippen LogP contribution is 2.55. The standard InChI is InChI=1S/C25H26O2/c1-15-23(26)16(2)25-21-14-19(13-20(21)24(15)27-25)22(17-9-5-3-6-10-17)18-11-7-4-8-12-18/h3-12,15-16,20-21,24-25H,13-14H2,1-2H3. The smallest absolute Gasteiger partial charge is 0.143 e. The molecule has 2 bridgehead atoms. The molecular formula is C25H26O2. The zero-order valence-corrected chi connectivity index (χ0v) is 16.0. The molecule has 0 amide bonds. The first-order valence-electron chi connectivity index (χ1n) is 10.2. The molecule has 2 heterocycles. The molecule has 2 heteroatoms. The summed E-state index contributed by atoms with van der Waals surface area (Å²) in [6.45, 7) is 4.14. The van der Waals surface area contributed by atoms with Crippen LogP contribution in [0.2, 0.25) is 0 Å². The summed E-state index contributed by atoms with van der Waals surface area (Å²) in [6.07, 6.45) is 2.31. The van der Waals surface area contributed by atoms with Crippen molar-refractivity contribution in [1.29, 1.82) is 0 Å². The molecule has 0 N–H and O–H groups in total. The van der Waals surface area contributed by atoms with E-state index >= 15 is 0 Å². The van der Waals surface area contributed by atoms with Gasteiger partial charge in [0.2, 0.25) is 0 Å². The van der Waals surface area contributed by atoms with Gasteiger partial charge in [-0.15, -0.1) is 0 Å². The highest BCUT2D eigenvalue weighted by atomic mass is 16.5. The van der Waals surface area contributed by atoms with Crippen molar-refractivity contribution in [3.05, 3.63) is 77.4 Å². The van der Waals surface area contributed by atoms with E-state index in [0.717, 1.165) is 12.8 Å². The van der Waals surface area contributed by atoms with Crippen LogP contribution < -0.4 is 0 Å². The van der Waals surface area contributed by atoms with Crippen molar-refractivity contribution in [3.8, 4) is 0 Å². The lowest BCUT2D eigenvalue weighted by molar-refractivity contribution is -0.147. The number of hydrogen-bond acceptors (Lipinski definition) is 2. The summed E-state index contributed by atoms with van der Waals surface area (Å²) in [4.78, 5) is 12.6. The van der Waals surface area contributed by atoms with Crippen molar-refractivity contribution in [2.45, 2.75) is 38.9 Å². The molecule has 2 nitrogen and oxygen atoms in total. The van der Waals surface area contributed by atoms with E-state index in [1.165, 1.54) is 22.3 Å². The summed E-state index contributed by atoms with van der Waals surface area (Å²) in [5, 5.41) is 0. The highest BCUT2D eigenvalue weighted by molar-refractivity contribution is 5.86. The van der Waals surface area contributed by atoms with Crippen molar-refractivity contribution in [2.75, 3.05) is 0 Å². The highest BCUT2D eigenvalue weighted by Gasteiger charge is 2.57. The number of carbonyl (C=O) groups is 1. The topological polar surface area (TPSA) is 26.3 Å². The molecule has 2 aromatic carbocycles. The van der Waals surface area contributed by atoms with E-state index in [0.29, 0.717) is 17.6 Å². The Balaban J connectivity index is 1.59. The van der Waals surface area contributed by atoms with Gasteiger partial charge in [0.15, 0.2) is 0 Å². The van der Waals surface area contributed by atoms with Crippen LogP contribution in [-0.2, 0) is 9.53 Å². The molecule has 1 aliphatic carbocycles. The Hall–Kier alpha value is -2.19. The number of benzene rings is 2. The fourth-order valence-electron chi connectivity index (χ4n) is 5.76. The van der Waals surface area contributed by atoms with Gasteiger partial charge in [0.05, 0.1) is 12.2 Å². The predicted octanol–water partition coefficient (Wildman–Crippen LogP) is 5.14. The predicted molar refractivity (Wildman–Crippen MR) is 107 cm³/mol. The Kier molecular flexibility index (Phi) is 4.05. The van der Waals surface area contributed by atoms with Gasteiger partial charge in [-0.2, -0.15) is 0 Å². The molecule has 2 aromatic rings. The molecule has 2 saturated heterocycles. The van der Waals surface area contributed by atoms with E-state index in [-0.39, 0.29) is 24.0 Å². The maximum Gasteiger partial charge on any atom is 0.143 e. The summed E-state index contributed by atoms with van der Waals surface area (Å²) >= 11 is 0. The first-order chi connectivity index (χ1) is 13.1. The quantitative estimate of drug-likeness (QED) is 0.743. The third-order valence-corrected chi connectivity index (χ3v) is 7.03. The second kappa shape index (κ2) is 6.45. The fraction of sp³-hybridized carbons (Fsp3) is 0.400. The van der Waals surface area contributed by atoms with E-state index < -0.39 is 0 Å². The summed E-state index contributed by atoms with van der Waals surface area (Å²) in [5.74, 6) is 1.43. The minimum absolute atomic E-state index is 0.0301. The molecule has 138 valence electrons. The van der Waals surface area contributed by atoms with Crippen LogP contribution in [0.15, 0.2) is 66.2 Å². The van der Waals surface area contributed by atoms with Crippen molar-refractivity contribution in [2.24, 2.45) is 23.7 Å². The van der Waals surface area contributed by atoms with Crippen molar-refractivity contribution < 1.29 is 9.53 Å². The number of fused-ring (bicyclic) bond motifs is 5. The van der Waals surface area contributed by atoms with Gasteiger partial charge in [0.1, 0.15) is 5.78 Å². The van der Waals surface area contributed by atoms with Crippen LogP contribution in [0.3, 0.4) is 0 Å². The Labute approximate surface area is 161 Å². The molecule has 5 rings (SSSR count). The second-order valence-electron chi connectivity index (χ2n) is 8.49. The number of hydrogen-bond donors (Lipinski definition) is 0. The summed E-state index contributed by atoms with van der Waals surface area (Å²) in [5.41, 5.74) is 5.51. The zero-order valence-electron chi connectivity index (χ0n) is 16.0. The Morgan fingerprint density at radius 1 is 0.778 bits per heavy atom. The van der Waals surface area contributed by atoms with Gasteiger partial charge in [-0.25, -0.2) is 0 Å². The molecular weight excluding hydrogens is 332 g/mol.